The minimum atomic E-state index is -4.94. The van der Waals surface area contributed by atoms with Gasteiger partial charge in [0.05, 0.1) is 29.7 Å². The maximum Gasteiger partial charge on any atom is 0.573 e. The van der Waals surface area contributed by atoms with Gasteiger partial charge in [-0.25, -0.2) is 18.4 Å². The van der Waals surface area contributed by atoms with Crippen LogP contribution in [0.3, 0.4) is 0 Å². The van der Waals surface area contributed by atoms with E-state index in [2.05, 4.69) is 14.7 Å². The Kier molecular flexibility index (Phi) is 9.20. The maximum absolute atomic E-state index is 13.7. The Morgan fingerprint density at radius 3 is 2.12 bits per heavy atom. The van der Waals surface area contributed by atoms with Crippen molar-refractivity contribution in [2.24, 2.45) is 0 Å². The fourth-order valence-corrected chi connectivity index (χ4v) is 6.02. The first-order valence-corrected chi connectivity index (χ1v) is 16.0. The highest BCUT2D eigenvalue weighted by molar-refractivity contribution is 7.90. The molecular formula is C32H27F6N3O6S. The van der Waals surface area contributed by atoms with Crippen molar-refractivity contribution in [1.29, 1.82) is 0 Å². The number of sulfone groups is 1. The number of aliphatic hydroxyl groups is 2. The maximum atomic E-state index is 13.7. The number of hydrogen-bond acceptors (Lipinski definition) is 8. The molecule has 16 heteroatoms. The lowest BCUT2D eigenvalue weighted by molar-refractivity contribution is -0.274. The number of alkyl halides is 6. The lowest BCUT2D eigenvalue weighted by Gasteiger charge is -2.15. The standard InChI is InChI=1S/C32H27F6N3O6S/c1-17(43)12-28-40-29(30(46-28)19-6-9-23(10-7-19)47-32(36,37)38)24-13-20(21-4-5-22(16-42)26(14-21)48(3,44)45)8-11-25(24)41-15-27(31(33,34)35)39-18(41)2/h4-11,13-15,17,42-43H,12,16H2,1-3H3. The second-order valence-electron chi connectivity index (χ2n) is 10.9. The van der Waals surface area contributed by atoms with Gasteiger partial charge in [-0.2, -0.15) is 13.2 Å². The third-order valence-electron chi connectivity index (χ3n) is 7.15. The Morgan fingerprint density at radius 1 is 0.938 bits per heavy atom. The molecule has 254 valence electrons. The first-order valence-electron chi connectivity index (χ1n) is 14.1. The number of halogens is 6. The third-order valence-corrected chi connectivity index (χ3v) is 8.32. The zero-order chi connectivity index (χ0) is 35.2. The van der Waals surface area contributed by atoms with Crippen molar-refractivity contribution in [2.75, 3.05) is 6.26 Å². The Morgan fingerprint density at radius 2 is 1.56 bits per heavy atom. The molecule has 0 radical (unpaired) electrons. The number of aliphatic hydroxyl groups excluding tert-OH is 2. The van der Waals surface area contributed by atoms with Gasteiger partial charge in [0.15, 0.2) is 27.2 Å². The number of ether oxygens (including phenoxy) is 1. The number of oxazole rings is 1. The Balaban J connectivity index is 1.77. The van der Waals surface area contributed by atoms with E-state index in [0.29, 0.717) is 11.1 Å². The molecule has 2 N–H and O–H groups in total. The summed E-state index contributed by atoms with van der Waals surface area (Å²) >= 11 is 0. The molecular weight excluding hydrogens is 668 g/mol. The van der Waals surface area contributed by atoms with Gasteiger partial charge in [0.2, 0.25) is 0 Å². The minimum absolute atomic E-state index is 0.0175. The van der Waals surface area contributed by atoms with Crippen LogP contribution >= 0.6 is 0 Å². The van der Waals surface area contributed by atoms with Gasteiger partial charge in [-0.05, 0) is 73.0 Å². The van der Waals surface area contributed by atoms with Gasteiger partial charge in [0, 0.05) is 23.6 Å². The average Bonchev–Trinajstić information content (AvgIpc) is 3.59. The Hall–Kier alpha value is -4.67. The molecule has 3 aromatic carbocycles. The van der Waals surface area contributed by atoms with Gasteiger partial charge < -0.3 is 23.9 Å². The normalized spacial score (nSPS) is 13.1. The molecule has 9 nitrogen and oxygen atoms in total. The number of hydrogen-bond donors (Lipinski definition) is 2. The molecule has 1 unspecified atom stereocenters. The highest BCUT2D eigenvalue weighted by Crippen LogP contribution is 2.41. The highest BCUT2D eigenvalue weighted by Gasteiger charge is 2.35. The summed E-state index contributed by atoms with van der Waals surface area (Å²) in [5.74, 6) is -0.511. The van der Waals surface area contributed by atoms with Gasteiger partial charge in [0.1, 0.15) is 17.3 Å². The van der Waals surface area contributed by atoms with Crippen LogP contribution in [-0.4, -0.2) is 51.9 Å². The fraction of sp³-hybridized carbons (Fsp3) is 0.250. The SMILES string of the molecule is Cc1nc(C(F)(F)F)cn1-c1ccc(-c2ccc(CO)c(S(C)(=O)=O)c2)cc1-c1nc(CC(C)O)oc1-c1ccc(OC(F)(F)F)cc1. The fourth-order valence-electron chi connectivity index (χ4n) is 5.07. The molecule has 0 spiro atoms. The lowest BCUT2D eigenvalue weighted by Crippen LogP contribution is -2.16. The molecule has 0 amide bonds. The molecule has 2 aromatic heterocycles. The van der Waals surface area contributed by atoms with E-state index in [1.807, 2.05) is 0 Å². The Bertz CT molecular complexity index is 2070. The first kappa shape index (κ1) is 34.7. The third kappa shape index (κ3) is 7.55. The molecule has 2 heterocycles. The van der Waals surface area contributed by atoms with E-state index in [9.17, 15) is 45.0 Å². The van der Waals surface area contributed by atoms with E-state index >= 15 is 0 Å². The summed E-state index contributed by atoms with van der Waals surface area (Å²) in [6, 6.07) is 13.6. The summed E-state index contributed by atoms with van der Waals surface area (Å²) in [6.45, 7) is 2.29. The molecule has 48 heavy (non-hydrogen) atoms. The van der Waals surface area contributed by atoms with E-state index in [1.54, 1.807) is 12.1 Å². The first-order chi connectivity index (χ1) is 22.3. The zero-order valence-electron chi connectivity index (χ0n) is 25.4. The molecule has 5 aromatic rings. The molecule has 5 rings (SSSR count). The number of rotatable bonds is 9. The van der Waals surface area contributed by atoms with E-state index in [4.69, 9.17) is 4.42 Å². The van der Waals surface area contributed by atoms with E-state index in [-0.39, 0.29) is 56.9 Å². The van der Waals surface area contributed by atoms with Gasteiger partial charge in [-0.3, -0.25) is 0 Å². The second-order valence-corrected chi connectivity index (χ2v) is 12.9. The average molecular weight is 696 g/mol. The smallest absolute Gasteiger partial charge is 0.440 e. The molecule has 0 aliphatic heterocycles. The van der Waals surface area contributed by atoms with E-state index in [0.717, 1.165) is 24.6 Å². The highest BCUT2D eigenvalue weighted by atomic mass is 32.2. The van der Waals surface area contributed by atoms with Gasteiger partial charge in [-0.15, -0.1) is 13.2 Å². The van der Waals surface area contributed by atoms with Crippen LogP contribution in [-0.2, 0) is 29.0 Å². The minimum Gasteiger partial charge on any atom is -0.440 e. The predicted molar refractivity (Wildman–Crippen MR) is 161 cm³/mol. The van der Waals surface area contributed by atoms with Crippen LogP contribution < -0.4 is 4.74 Å². The van der Waals surface area contributed by atoms with Crippen LogP contribution in [0.5, 0.6) is 5.75 Å². The van der Waals surface area contributed by atoms with Crippen molar-refractivity contribution in [2.45, 2.75) is 50.4 Å². The van der Waals surface area contributed by atoms with Crippen LogP contribution in [0.1, 0.15) is 29.9 Å². The summed E-state index contributed by atoms with van der Waals surface area (Å²) in [7, 11) is -3.78. The summed E-state index contributed by atoms with van der Waals surface area (Å²) in [5, 5.41) is 19.8. The van der Waals surface area contributed by atoms with Gasteiger partial charge in [0.25, 0.3) is 0 Å². The van der Waals surface area contributed by atoms with Gasteiger partial charge in [-0.1, -0.05) is 18.2 Å². The van der Waals surface area contributed by atoms with Gasteiger partial charge >= 0.3 is 12.5 Å². The topological polar surface area (TPSA) is 128 Å². The summed E-state index contributed by atoms with van der Waals surface area (Å²) in [4.78, 5) is 8.08. The molecule has 0 aliphatic rings. The lowest BCUT2D eigenvalue weighted by atomic mass is 9.97. The van der Waals surface area contributed by atoms with Crippen molar-refractivity contribution >= 4 is 9.84 Å². The van der Waals surface area contributed by atoms with Crippen LogP contribution in [0.4, 0.5) is 26.3 Å². The second kappa shape index (κ2) is 12.7. The monoisotopic (exact) mass is 695 g/mol. The largest absolute Gasteiger partial charge is 0.573 e. The van der Waals surface area contributed by atoms with Crippen LogP contribution in [0.25, 0.3) is 39.4 Å². The summed E-state index contributed by atoms with van der Waals surface area (Å²) < 4.78 is 116. The quantitative estimate of drug-likeness (QED) is 0.159. The van der Waals surface area contributed by atoms with Crippen molar-refractivity contribution in [3.63, 3.8) is 0 Å². The van der Waals surface area contributed by atoms with Crippen LogP contribution in [0.15, 0.2) is 76.2 Å². The summed E-state index contributed by atoms with van der Waals surface area (Å²) in [5.41, 5.74) is 0.395. The summed E-state index contributed by atoms with van der Waals surface area (Å²) in [6.07, 6.45) is -8.94. The molecule has 0 bridgehead atoms. The van der Waals surface area contributed by atoms with Crippen LogP contribution in [0, 0.1) is 6.92 Å². The predicted octanol–water partition coefficient (Wildman–Crippen LogP) is 6.91. The number of imidazole rings is 1. The van der Waals surface area contributed by atoms with Crippen LogP contribution in [0.2, 0.25) is 0 Å². The van der Waals surface area contributed by atoms with E-state index in [1.165, 1.54) is 54.8 Å². The molecule has 0 saturated heterocycles. The zero-order valence-corrected chi connectivity index (χ0v) is 26.2. The number of aromatic nitrogens is 3. The van der Waals surface area contributed by atoms with Crippen molar-refractivity contribution in [3.8, 4) is 45.1 Å². The van der Waals surface area contributed by atoms with Crippen molar-refractivity contribution < 1.29 is 54.1 Å². The van der Waals surface area contributed by atoms with Crippen molar-refractivity contribution in [3.05, 3.63) is 89.8 Å². The molecule has 0 aliphatic carbocycles. The van der Waals surface area contributed by atoms with Crippen molar-refractivity contribution in [1.82, 2.24) is 14.5 Å². The molecule has 1 atom stereocenters. The number of aryl methyl sites for hydroxylation is 1. The number of benzene rings is 3. The molecule has 0 fully saturated rings. The van der Waals surface area contributed by atoms with E-state index < -0.39 is 46.5 Å². The number of nitrogens with zero attached hydrogens (tertiary/aromatic N) is 3. The Labute approximate surface area is 270 Å². The molecule has 0 saturated carbocycles.